The van der Waals surface area contributed by atoms with E-state index in [9.17, 15) is 4.79 Å². The van der Waals surface area contributed by atoms with Crippen molar-refractivity contribution in [2.24, 2.45) is 5.92 Å². The van der Waals surface area contributed by atoms with E-state index in [2.05, 4.69) is 10.6 Å². The SMILES string of the molecule is O=C(NC1CCNC2(CCCCC2)C1)C1CCCOC1. The van der Waals surface area contributed by atoms with Gasteiger partial charge in [-0.1, -0.05) is 19.3 Å². The van der Waals surface area contributed by atoms with E-state index in [0.717, 1.165) is 38.8 Å². The molecule has 1 aliphatic carbocycles. The first-order valence-electron chi connectivity index (χ1n) is 8.41. The Labute approximate surface area is 122 Å². The largest absolute Gasteiger partial charge is 0.381 e. The van der Waals surface area contributed by atoms with E-state index in [1.807, 2.05) is 0 Å². The standard InChI is InChI=1S/C16H28N2O2/c19-15(13-5-4-10-20-12-13)18-14-6-9-17-16(11-14)7-2-1-3-8-16/h13-14,17H,1-12H2,(H,18,19). The van der Waals surface area contributed by atoms with Gasteiger partial charge < -0.3 is 15.4 Å². The van der Waals surface area contributed by atoms with Crippen LogP contribution in [0.5, 0.6) is 0 Å². The van der Waals surface area contributed by atoms with Crippen LogP contribution in [-0.4, -0.2) is 37.2 Å². The number of amides is 1. The van der Waals surface area contributed by atoms with Gasteiger partial charge in [-0.25, -0.2) is 0 Å². The molecule has 1 amide bonds. The minimum Gasteiger partial charge on any atom is -0.381 e. The highest BCUT2D eigenvalue weighted by Crippen LogP contribution is 2.34. The van der Waals surface area contributed by atoms with Crippen molar-refractivity contribution >= 4 is 5.91 Å². The number of carbonyl (C=O) groups is 1. The predicted octanol–water partition coefficient (Wildman–Crippen LogP) is 1.98. The van der Waals surface area contributed by atoms with Crippen molar-refractivity contribution in [3.8, 4) is 0 Å². The van der Waals surface area contributed by atoms with Crippen LogP contribution >= 0.6 is 0 Å². The Hall–Kier alpha value is -0.610. The molecule has 0 radical (unpaired) electrons. The molecule has 3 fully saturated rings. The Bertz CT molecular complexity index is 328. The third kappa shape index (κ3) is 3.34. The third-order valence-corrected chi connectivity index (χ3v) is 5.32. The molecule has 4 heteroatoms. The third-order valence-electron chi connectivity index (χ3n) is 5.32. The molecule has 0 bridgehead atoms. The summed E-state index contributed by atoms with van der Waals surface area (Å²) in [6.45, 7) is 2.48. The molecule has 0 aromatic carbocycles. The van der Waals surface area contributed by atoms with Crippen molar-refractivity contribution in [1.82, 2.24) is 10.6 Å². The number of carbonyl (C=O) groups excluding carboxylic acids is 1. The number of nitrogens with one attached hydrogen (secondary N) is 2. The first-order chi connectivity index (χ1) is 9.77. The molecule has 2 unspecified atom stereocenters. The van der Waals surface area contributed by atoms with Crippen LogP contribution in [0.3, 0.4) is 0 Å². The fourth-order valence-corrected chi connectivity index (χ4v) is 4.16. The lowest BCUT2D eigenvalue weighted by molar-refractivity contribution is -0.130. The van der Waals surface area contributed by atoms with Crippen LogP contribution in [0.25, 0.3) is 0 Å². The van der Waals surface area contributed by atoms with E-state index < -0.39 is 0 Å². The Morgan fingerprint density at radius 2 is 2.00 bits per heavy atom. The molecule has 3 rings (SSSR count). The summed E-state index contributed by atoms with van der Waals surface area (Å²) in [5, 5.41) is 7.04. The number of piperidine rings is 1. The van der Waals surface area contributed by atoms with Crippen LogP contribution in [0.1, 0.15) is 57.8 Å². The van der Waals surface area contributed by atoms with Crippen molar-refractivity contribution in [2.75, 3.05) is 19.8 Å². The molecule has 0 aromatic heterocycles. The van der Waals surface area contributed by atoms with Gasteiger partial charge in [-0.15, -0.1) is 0 Å². The Morgan fingerprint density at radius 3 is 2.75 bits per heavy atom. The zero-order chi connectivity index (χ0) is 13.8. The smallest absolute Gasteiger partial charge is 0.225 e. The summed E-state index contributed by atoms with van der Waals surface area (Å²) in [7, 11) is 0. The van der Waals surface area contributed by atoms with Crippen LogP contribution in [0.15, 0.2) is 0 Å². The summed E-state index contributed by atoms with van der Waals surface area (Å²) in [6.07, 6.45) is 10.8. The summed E-state index contributed by atoms with van der Waals surface area (Å²) < 4.78 is 5.43. The average molecular weight is 280 g/mol. The average Bonchev–Trinajstić information content (AvgIpc) is 2.49. The molecule has 20 heavy (non-hydrogen) atoms. The second-order valence-corrected chi connectivity index (χ2v) is 6.88. The van der Waals surface area contributed by atoms with E-state index in [1.165, 1.54) is 32.1 Å². The molecule has 114 valence electrons. The number of ether oxygens (including phenoxy) is 1. The summed E-state index contributed by atoms with van der Waals surface area (Å²) in [4.78, 5) is 12.3. The van der Waals surface area contributed by atoms with Gasteiger partial charge in [-0.2, -0.15) is 0 Å². The van der Waals surface area contributed by atoms with Crippen molar-refractivity contribution < 1.29 is 9.53 Å². The maximum Gasteiger partial charge on any atom is 0.225 e. The summed E-state index contributed by atoms with van der Waals surface area (Å²) >= 11 is 0. The monoisotopic (exact) mass is 280 g/mol. The van der Waals surface area contributed by atoms with E-state index in [4.69, 9.17) is 4.74 Å². The second-order valence-electron chi connectivity index (χ2n) is 6.88. The molecular formula is C16H28N2O2. The van der Waals surface area contributed by atoms with Gasteiger partial charge in [0.05, 0.1) is 12.5 Å². The molecule has 2 saturated heterocycles. The summed E-state index contributed by atoms with van der Waals surface area (Å²) in [5.41, 5.74) is 0.317. The molecule has 2 aliphatic heterocycles. The number of hydrogen-bond donors (Lipinski definition) is 2. The Morgan fingerprint density at radius 1 is 1.15 bits per heavy atom. The summed E-state index contributed by atoms with van der Waals surface area (Å²) in [6, 6.07) is 0.365. The maximum atomic E-state index is 12.3. The zero-order valence-corrected chi connectivity index (χ0v) is 12.5. The molecule has 1 saturated carbocycles. The lowest BCUT2D eigenvalue weighted by atomic mass is 9.75. The quantitative estimate of drug-likeness (QED) is 0.813. The molecule has 2 atom stereocenters. The lowest BCUT2D eigenvalue weighted by Crippen LogP contribution is -2.57. The van der Waals surface area contributed by atoms with Gasteiger partial charge in [-0.05, 0) is 45.1 Å². The predicted molar refractivity (Wildman–Crippen MR) is 78.5 cm³/mol. The lowest BCUT2D eigenvalue weighted by Gasteiger charge is -2.45. The van der Waals surface area contributed by atoms with Crippen molar-refractivity contribution in [3.05, 3.63) is 0 Å². The fraction of sp³-hybridized carbons (Fsp3) is 0.938. The minimum atomic E-state index is 0.0842. The van der Waals surface area contributed by atoms with Crippen molar-refractivity contribution in [3.63, 3.8) is 0 Å². The van der Waals surface area contributed by atoms with E-state index in [0.29, 0.717) is 18.2 Å². The molecule has 3 aliphatic rings. The Balaban J connectivity index is 1.52. The van der Waals surface area contributed by atoms with E-state index >= 15 is 0 Å². The highest BCUT2D eigenvalue weighted by molar-refractivity contribution is 5.79. The molecule has 4 nitrogen and oxygen atoms in total. The van der Waals surface area contributed by atoms with Crippen LogP contribution in [0.4, 0.5) is 0 Å². The second kappa shape index (κ2) is 6.44. The normalized spacial score (nSPS) is 33.8. The van der Waals surface area contributed by atoms with Crippen LogP contribution in [0, 0.1) is 5.92 Å². The van der Waals surface area contributed by atoms with Gasteiger partial charge in [-0.3, -0.25) is 4.79 Å². The fourth-order valence-electron chi connectivity index (χ4n) is 4.16. The molecule has 1 spiro atoms. The van der Waals surface area contributed by atoms with Gasteiger partial charge in [0.25, 0.3) is 0 Å². The highest BCUT2D eigenvalue weighted by atomic mass is 16.5. The van der Waals surface area contributed by atoms with E-state index in [1.54, 1.807) is 0 Å². The number of rotatable bonds is 2. The van der Waals surface area contributed by atoms with Crippen LogP contribution in [-0.2, 0) is 9.53 Å². The van der Waals surface area contributed by atoms with Gasteiger partial charge >= 0.3 is 0 Å². The summed E-state index contributed by atoms with van der Waals surface area (Å²) in [5.74, 6) is 0.309. The van der Waals surface area contributed by atoms with Crippen molar-refractivity contribution in [1.29, 1.82) is 0 Å². The number of hydrogen-bond acceptors (Lipinski definition) is 3. The van der Waals surface area contributed by atoms with Gasteiger partial charge in [0, 0.05) is 18.2 Å². The first-order valence-corrected chi connectivity index (χ1v) is 8.41. The van der Waals surface area contributed by atoms with Gasteiger partial charge in [0.15, 0.2) is 0 Å². The molecular weight excluding hydrogens is 252 g/mol. The zero-order valence-electron chi connectivity index (χ0n) is 12.5. The van der Waals surface area contributed by atoms with E-state index in [-0.39, 0.29) is 11.8 Å². The Kier molecular flexibility index (Phi) is 4.61. The minimum absolute atomic E-state index is 0.0842. The van der Waals surface area contributed by atoms with Gasteiger partial charge in [0.1, 0.15) is 0 Å². The molecule has 2 N–H and O–H groups in total. The van der Waals surface area contributed by atoms with Gasteiger partial charge in [0.2, 0.25) is 5.91 Å². The first kappa shape index (κ1) is 14.3. The highest BCUT2D eigenvalue weighted by Gasteiger charge is 2.37. The molecule has 0 aromatic rings. The van der Waals surface area contributed by atoms with Crippen LogP contribution in [0.2, 0.25) is 0 Å². The molecule has 2 heterocycles. The van der Waals surface area contributed by atoms with Crippen LogP contribution < -0.4 is 10.6 Å². The maximum absolute atomic E-state index is 12.3. The topological polar surface area (TPSA) is 50.4 Å². The van der Waals surface area contributed by atoms with Crippen molar-refractivity contribution in [2.45, 2.75) is 69.4 Å².